The van der Waals surface area contributed by atoms with Crippen molar-refractivity contribution in [3.8, 4) is 11.5 Å². The predicted octanol–water partition coefficient (Wildman–Crippen LogP) is 1.53. The Morgan fingerprint density at radius 3 is 2.41 bits per heavy atom. The van der Waals surface area contributed by atoms with Crippen LogP contribution in [0.25, 0.3) is 0 Å². The molecule has 0 aromatic carbocycles. The van der Waals surface area contributed by atoms with Crippen LogP contribution in [0, 0.1) is 5.92 Å². The lowest BCUT2D eigenvalue weighted by atomic mass is 10.0. The highest BCUT2D eigenvalue weighted by Gasteiger charge is 2.26. The third-order valence-corrected chi connectivity index (χ3v) is 2.90. The quantitative estimate of drug-likeness (QED) is 0.684. The molecule has 0 radical (unpaired) electrons. The summed E-state index contributed by atoms with van der Waals surface area (Å²) in [7, 11) is 0. The molecule has 4 heteroatoms. The Morgan fingerprint density at radius 1 is 1.29 bits per heavy atom. The zero-order chi connectivity index (χ0) is 13.0. The minimum absolute atomic E-state index is 0.0278. The van der Waals surface area contributed by atoms with Crippen molar-refractivity contribution in [2.45, 2.75) is 39.7 Å². The van der Waals surface area contributed by atoms with Crippen molar-refractivity contribution in [1.29, 1.82) is 0 Å². The van der Waals surface area contributed by atoms with E-state index in [2.05, 4.69) is 13.8 Å². The van der Waals surface area contributed by atoms with Crippen LogP contribution in [0.3, 0.4) is 0 Å². The maximum Gasteiger partial charge on any atom is 0.227 e. The van der Waals surface area contributed by atoms with Gasteiger partial charge in [-0.2, -0.15) is 4.57 Å². The molecule has 1 aromatic rings. The highest BCUT2D eigenvalue weighted by atomic mass is 16.3. The molecule has 0 aliphatic carbocycles. The van der Waals surface area contributed by atoms with Gasteiger partial charge < -0.3 is 15.3 Å². The van der Waals surface area contributed by atoms with E-state index in [1.807, 2.05) is 11.5 Å². The van der Waals surface area contributed by atoms with Crippen LogP contribution in [-0.2, 0) is 6.42 Å². The minimum atomic E-state index is -0.112. The van der Waals surface area contributed by atoms with Crippen LogP contribution in [0.15, 0.2) is 12.3 Å². The molecule has 1 aromatic heterocycles. The van der Waals surface area contributed by atoms with E-state index in [9.17, 15) is 15.3 Å². The smallest absolute Gasteiger partial charge is 0.227 e. The van der Waals surface area contributed by atoms with Gasteiger partial charge in [-0.1, -0.05) is 20.8 Å². The molecular formula is C13H22NO3+. The van der Waals surface area contributed by atoms with Crippen LogP contribution in [-0.4, -0.2) is 21.9 Å². The molecule has 0 amide bonds. The van der Waals surface area contributed by atoms with Gasteiger partial charge in [0.25, 0.3) is 0 Å². The Bertz CT molecular complexity index is 377. The zero-order valence-electron chi connectivity index (χ0n) is 10.7. The van der Waals surface area contributed by atoms with Gasteiger partial charge in [0.15, 0.2) is 18.0 Å². The van der Waals surface area contributed by atoms with Gasteiger partial charge in [-0.05, 0) is 5.92 Å². The molecule has 96 valence electrons. The Kier molecular flexibility index (Phi) is 4.75. The summed E-state index contributed by atoms with van der Waals surface area (Å²) in [6.07, 6.45) is 3.16. The highest BCUT2D eigenvalue weighted by Crippen LogP contribution is 2.27. The number of aliphatic hydroxyl groups excluding tert-OH is 1. The topological polar surface area (TPSA) is 64.6 Å². The first-order chi connectivity index (χ1) is 8.01. The summed E-state index contributed by atoms with van der Waals surface area (Å²) < 4.78 is 1.86. The summed E-state index contributed by atoms with van der Waals surface area (Å²) in [5, 5.41) is 28.7. The number of aliphatic hydroxyl groups is 1. The van der Waals surface area contributed by atoms with Crippen LogP contribution >= 0.6 is 0 Å². The van der Waals surface area contributed by atoms with Crippen molar-refractivity contribution in [3.63, 3.8) is 0 Å². The van der Waals surface area contributed by atoms with Gasteiger partial charge in [0, 0.05) is 18.9 Å². The average molecular weight is 240 g/mol. The molecule has 0 aliphatic heterocycles. The van der Waals surface area contributed by atoms with E-state index in [0.29, 0.717) is 18.0 Å². The standard InChI is InChI=1S/C13H21NO3/c1-4-11-13(17)12(16)5-6-14(11)10(8-15)7-9(2)3/h5-6,9-10,15,17H,4,7-8H2,1-3H3/p+1/t10-/m1/s1. The van der Waals surface area contributed by atoms with Crippen LogP contribution in [0.2, 0.25) is 0 Å². The van der Waals surface area contributed by atoms with E-state index >= 15 is 0 Å². The fraction of sp³-hybridized carbons (Fsp3) is 0.615. The SMILES string of the molecule is CCc1c(O)c(O)cc[n+]1[C@@H](CO)CC(C)C. The van der Waals surface area contributed by atoms with Crippen molar-refractivity contribution in [2.75, 3.05) is 6.61 Å². The Morgan fingerprint density at radius 2 is 1.94 bits per heavy atom. The monoisotopic (exact) mass is 240 g/mol. The first kappa shape index (κ1) is 13.8. The number of nitrogens with zero attached hydrogens (tertiary/aromatic N) is 1. The summed E-state index contributed by atoms with van der Waals surface area (Å²) in [6, 6.07) is 1.40. The molecule has 0 spiro atoms. The van der Waals surface area contributed by atoms with Crippen LogP contribution < -0.4 is 4.57 Å². The molecule has 1 atom stereocenters. The Hall–Kier alpha value is -1.29. The van der Waals surface area contributed by atoms with Gasteiger partial charge >= 0.3 is 0 Å². The van der Waals surface area contributed by atoms with E-state index < -0.39 is 0 Å². The van der Waals surface area contributed by atoms with E-state index in [0.717, 1.165) is 6.42 Å². The van der Waals surface area contributed by atoms with Gasteiger partial charge in [0.05, 0.1) is 0 Å². The first-order valence-corrected chi connectivity index (χ1v) is 6.07. The highest BCUT2D eigenvalue weighted by molar-refractivity contribution is 5.37. The summed E-state index contributed by atoms with van der Waals surface area (Å²) in [6.45, 7) is 6.12. The predicted molar refractivity (Wildman–Crippen MR) is 64.9 cm³/mol. The largest absolute Gasteiger partial charge is 0.504 e. The zero-order valence-corrected chi connectivity index (χ0v) is 10.7. The summed E-state index contributed by atoms with van der Waals surface area (Å²) in [5.41, 5.74) is 0.657. The average Bonchev–Trinajstić information content (AvgIpc) is 2.29. The van der Waals surface area contributed by atoms with Crippen molar-refractivity contribution < 1.29 is 19.9 Å². The molecular weight excluding hydrogens is 218 g/mol. The van der Waals surface area contributed by atoms with E-state index in [-0.39, 0.29) is 24.1 Å². The molecule has 4 nitrogen and oxygen atoms in total. The minimum Gasteiger partial charge on any atom is -0.504 e. The van der Waals surface area contributed by atoms with Crippen molar-refractivity contribution in [1.82, 2.24) is 0 Å². The lowest BCUT2D eigenvalue weighted by Crippen LogP contribution is -2.45. The number of pyridine rings is 1. The summed E-state index contributed by atoms with van der Waals surface area (Å²) in [5.74, 6) is 0.261. The molecule has 0 saturated carbocycles. The summed E-state index contributed by atoms with van der Waals surface area (Å²) >= 11 is 0. The molecule has 17 heavy (non-hydrogen) atoms. The third kappa shape index (κ3) is 3.09. The van der Waals surface area contributed by atoms with Crippen LogP contribution in [0.4, 0.5) is 0 Å². The van der Waals surface area contributed by atoms with E-state index in [4.69, 9.17) is 0 Å². The normalized spacial score (nSPS) is 13.0. The molecule has 1 heterocycles. The van der Waals surface area contributed by atoms with Crippen molar-refractivity contribution in [3.05, 3.63) is 18.0 Å². The van der Waals surface area contributed by atoms with E-state index in [1.54, 1.807) is 6.20 Å². The fourth-order valence-corrected chi connectivity index (χ4v) is 2.10. The maximum atomic E-state index is 9.80. The second-order valence-electron chi connectivity index (χ2n) is 4.72. The number of hydrogen-bond acceptors (Lipinski definition) is 3. The van der Waals surface area contributed by atoms with E-state index in [1.165, 1.54) is 6.07 Å². The lowest BCUT2D eigenvalue weighted by Gasteiger charge is -2.15. The maximum absolute atomic E-state index is 9.80. The number of rotatable bonds is 5. The second kappa shape index (κ2) is 5.87. The molecule has 0 fully saturated rings. The lowest BCUT2D eigenvalue weighted by molar-refractivity contribution is -0.732. The van der Waals surface area contributed by atoms with Gasteiger partial charge in [0.1, 0.15) is 6.61 Å². The van der Waals surface area contributed by atoms with Crippen molar-refractivity contribution in [2.24, 2.45) is 5.92 Å². The number of aromatic nitrogens is 1. The molecule has 3 N–H and O–H groups in total. The molecule has 0 unspecified atom stereocenters. The van der Waals surface area contributed by atoms with Gasteiger partial charge in [-0.15, -0.1) is 0 Å². The fourth-order valence-electron chi connectivity index (χ4n) is 2.10. The Labute approximate surface area is 102 Å². The second-order valence-corrected chi connectivity index (χ2v) is 4.72. The van der Waals surface area contributed by atoms with Gasteiger partial charge in [0.2, 0.25) is 11.4 Å². The van der Waals surface area contributed by atoms with Gasteiger partial charge in [-0.25, -0.2) is 0 Å². The molecule has 1 rings (SSSR count). The third-order valence-electron chi connectivity index (χ3n) is 2.90. The number of aromatic hydroxyl groups is 2. The number of hydrogen-bond donors (Lipinski definition) is 3. The molecule has 0 aliphatic rings. The molecule has 0 bridgehead atoms. The van der Waals surface area contributed by atoms with Gasteiger partial charge in [-0.3, -0.25) is 0 Å². The van der Waals surface area contributed by atoms with Crippen LogP contribution in [0.1, 0.15) is 38.9 Å². The first-order valence-electron chi connectivity index (χ1n) is 6.07. The summed E-state index contributed by atoms with van der Waals surface area (Å²) in [4.78, 5) is 0. The van der Waals surface area contributed by atoms with Crippen molar-refractivity contribution >= 4 is 0 Å². The molecule has 0 saturated heterocycles. The Balaban J connectivity index is 3.14. The van der Waals surface area contributed by atoms with Crippen LogP contribution in [0.5, 0.6) is 11.5 Å².